The molecule has 1 atom stereocenters. The first-order chi connectivity index (χ1) is 9.70. The van der Waals surface area contributed by atoms with Crippen molar-refractivity contribution in [3.05, 3.63) is 56.8 Å². The molecule has 0 saturated carbocycles. The normalized spacial score (nSPS) is 16.9. The van der Waals surface area contributed by atoms with Crippen molar-refractivity contribution in [1.29, 1.82) is 0 Å². The molecular weight excluding hydrogens is 264 g/mol. The molecule has 2 N–H and O–H groups in total. The van der Waals surface area contributed by atoms with Gasteiger partial charge in [0.05, 0.1) is 0 Å². The fourth-order valence-electron chi connectivity index (χ4n) is 3.14. The highest BCUT2D eigenvalue weighted by Crippen LogP contribution is 2.31. The number of fused-ring (bicyclic) bond motifs is 1. The summed E-state index contributed by atoms with van der Waals surface area (Å²) < 4.78 is 0. The van der Waals surface area contributed by atoms with Gasteiger partial charge in [-0.05, 0) is 54.0 Å². The van der Waals surface area contributed by atoms with E-state index in [1.54, 1.807) is 4.88 Å². The van der Waals surface area contributed by atoms with Gasteiger partial charge in [0.2, 0.25) is 0 Å². The van der Waals surface area contributed by atoms with E-state index >= 15 is 0 Å². The lowest BCUT2D eigenvalue weighted by Gasteiger charge is -2.35. The molecule has 2 heterocycles. The van der Waals surface area contributed by atoms with E-state index in [1.807, 2.05) is 11.3 Å². The number of benzene rings is 1. The average molecular weight is 286 g/mol. The van der Waals surface area contributed by atoms with E-state index in [9.17, 15) is 0 Å². The topological polar surface area (TPSA) is 29.3 Å². The maximum Gasteiger partial charge on any atom is 0.0476 e. The van der Waals surface area contributed by atoms with Crippen LogP contribution in [0.5, 0.6) is 0 Å². The van der Waals surface area contributed by atoms with Crippen molar-refractivity contribution in [3.8, 4) is 0 Å². The second-order valence-corrected chi connectivity index (χ2v) is 6.63. The summed E-state index contributed by atoms with van der Waals surface area (Å²) in [5.74, 6) is 0. The van der Waals surface area contributed by atoms with Crippen molar-refractivity contribution < 1.29 is 0 Å². The van der Waals surface area contributed by atoms with Crippen LogP contribution in [0.4, 0.5) is 0 Å². The highest BCUT2D eigenvalue weighted by Gasteiger charge is 2.25. The fraction of sp³-hybridized carbons (Fsp3) is 0.412. The van der Waals surface area contributed by atoms with Crippen molar-refractivity contribution in [3.63, 3.8) is 0 Å². The monoisotopic (exact) mass is 286 g/mol. The Hall–Kier alpha value is -1.16. The van der Waals surface area contributed by atoms with Crippen molar-refractivity contribution in [2.75, 3.05) is 13.1 Å². The van der Waals surface area contributed by atoms with Crippen LogP contribution >= 0.6 is 11.3 Å². The average Bonchev–Trinajstić information content (AvgIpc) is 2.92. The molecule has 2 aromatic rings. The van der Waals surface area contributed by atoms with E-state index in [4.69, 9.17) is 5.73 Å². The van der Waals surface area contributed by atoms with Crippen LogP contribution in [-0.4, -0.2) is 18.0 Å². The first kappa shape index (κ1) is 13.8. The Morgan fingerprint density at radius 3 is 2.95 bits per heavy atom. The molecule has 0 fully saturated rings. The second-order valence-electron chi connectivity index (χ2n) is 5.63. The Balaban J connectivity index is 1.89. The summed E-state index contributed by atoms with van der Waals surface area (Å²) in [7, 11) is 0. The molecule has 3 heteroatoms. The van der Waals surface area contributed by atoms with Crippen molar-refractivity contribution in [2.24, 2.45) is 5.73 Å². The maximum absolute atomic E-state index is 6.11. The molecule has 106 valence electrons. The molecule has 20 heavy (non-hydrogen) atoms. The molecule has 1 aromatic carbocycles. The first-order valence-corrected chi connectivity index (χ1v) is 8.14. The number of aryl methyl sites for hydroxylation is 1. The molecule has 0 aliphatic carbocycles. The molecular formula is C17H22N2S. The summed E-state index contributed by atoms with van der Waals surface area (Å²) in [5, 5.41) is 2.21. The minimum absolute atomic E-state index is 0.336. The predicted molar refractivity (Wildman–Crippen MR) is 86.1 cm³/mol. The van der Waals surface area contributed by atoms with Gasteiger partial charge in [-0.2, -0.15) is 0 Å². The van der Waals surface area contributed by atoms with Gasteiger partial charge in [0.25, 0.3) is 0 Å². The van der Waals surface area contributed by atoms with Gasteiger partial charge < -0.3 is 5.73 Å². The Bertz CT molecular complexity index is 603. The van der Waals surface area contributed by atoms with E-state index in [0.717, 1.165) is 19.5 Å². The molecule has 0 saturated heterocycles. The zero-order valence-corrected chi connectivity index (χ0v) is 13.0. The van der Waals surface area contributed by atoms with Crippen molar-refractivity contribution >= 4 is 11.3 Å². The zero-order valence-electron chi connectivity index (χ0n) is 12.2. The van der Waals surface area contributed by atoms with Gasteiger partial charge in [-0.25, -0.2) is 0 Å². The van der Waals surface area contributed by atoms with Crippen molar-refractivity contribution in [1.82, 2.24) is 4.90 Å². The van der Waals surface area contributed by atoms with Gasteiger partial charge in [-0.1, -0.05) is 18.2 Å². The Kier molecular flexibility index (Phi) is 3.92. The number of nitrogens with zero attached hydrogens (tertiary/aromatic N) is 1. The maximum atomic E-state index is 6.11. The van der Waals surface area contributed by atoms with Crippen LogP contribution < -0.4 is 5.73 Å². The standard InChI is InChI=1S/C17H22N2S/c1-12-4-3-5-15(13(12)2)16(10-18)19-8-6-17-14(11-19)7-9-20-17/h3-5,7,9,16H,6,8,10-11,18H2,1-2H3. The summed E-state index contributed by atoms with van der Waals surface area (Å²) in [6.07, 6.45) is 1.16. The lowest BCUT2D eigenvalue weighted by Crippen LogP contribution is -2.37. The molecule has 0 bridgehead atoms. The Morgan fingerprint density at radius 1 is 1.30 bits per heavy atom. The van der Waals surface area contributed by atoms with Gasteiger partial charge in [0.15, 0.2) is 0 Å². The molecule has 1 aromatic heterocycles. The molecule has 0 radical (unpaired) electrons. The van der Waals surface area contributed by atoms with Gasteiger partial charge in [-0.3, -0.25) is 4.90 Å². The summed E-state index contributed by atoms with van der Waals surface area (Å²) in [5.41, 5.74) is 11.7. The summed E-state index contributed by atoms with van der Waals surface area (Å²) in [6, 6.07) is 9.18. The van der Waals surface area contributed by atoms with Gasteiger partial charge >= 0.3 is 0 Å². The van der Waals surface area contributed by atoms with E-state index < -0.39 is 0 Å². The number of hydrogen-bond donors (Lipinski definition) is 1. The van der Waals surface area contributed by atoms with E-state index in [1.165, 1.54) is 22.3 Å². The van der Waals surface area contributed by atoms with Crippen molar-refractivity contribution in [2.45, 2.75) is 32.9 Å². The van der Waals surface area contributed by atoms with Crippen LogP contribution in [-0.2, 0) is 13.0 Å². The summed E-state index contributed by atoms with van der Waals surface area (Å²) in [4.78, 5) is 4.09. The van der Waals surface area contributed by atoms with Crippen LogP contribution in [0.25, 0.3) is 0 Å². The minimum Gasteiger partial charge on any atom is -0.329 e. The van der Waals surface area contributed by atoms with E-state index in [-0.39, 0.29) is 0 Å². The summed E-state index contributed by atoms with van der Waals surface area (Å²) >= 11 is 1.89. The molecule has 1 unspecified atom stereocenters. The third-order valence-corrected chi connectivity index (χ3v) is 5.53. The third-order valence-electron chi connectivity index (χ3n) is 4.51. The predicted octanol–water partition coefficient (Wildman–Crippen LogP) is 3.42. The van der Waals surface area contributed by atoms with Crippen LogP contribution in [0, 0.1) is 13.8 Å². The molecule has 2 nitrogen and oxygen atoms in total. The molecule has 0 spiro atoms. The number of rotatable bonds is 3. The van der Waals surface area contributed by atoms with Crippen LogP contribution in [0.3, 0.4) is 0 Å². The lowest BCUT2D eigenvalue weighted by molar-refractivity contribution is 0.184. The van der Waals surface area contributed by atoms with E-state index in [2.05, 4.69) is 48.4 Å². The quantitative estimate of drug-likeness (QED) is 0.936. The molecule has 3 rings (SSSR count). The lowest BCUT2D eigenvalue weighted by atomic mass is 9.95. The summed E-state index contributed by atoms with van der Waals surface area (Å²) in [6.45, 7) is 7.23. The largest absolute Gasteiger partial charge is 0.329 e. The second kappa shape index (κ2) is 5.68. The van der Waals surface area contributed by atoms with Gasteiger partial charge in [-0.15, -0.1) is 11.3 Å². The highest BCUT2D eigenvalue weighted by molar-refractivity contribution is 7.10. The number of nitrogens with two attached hydrogens (primary N) is 1. The Morgan fingerprint density at radius 2 is 2.15 bits per heavy atom. The van der Waals surface area contributed by atoms with Crippen LogP contribution in [0.1, 0.15) is 33.2 Å². The molecule has 1 aliphatic heterocycles. The highest BCUT2D eigenvalue weighted by atomic mass is 32.1. The van der Waals surface area contributed by atoms with Crippen LogP contribution in [0.15, 0.2) is 29.6 Å². The number of hydrogen-bond acceptors (Lipinski definition) is 3. The molecule has 1 aliphatic rings. The Labute approximate surface area is 125 Å². The van der Waals surface area contributed by atoms with Gasteiger partial charge in [0, 0.05) is 30.6 Å². The third kappa shape index (κ3) is 2.41. The smallest absolute Gasteiger partial charge is 0.0476 e. The minimum atomic E-state index is 0.336. The van der Waals surface area contributed by atoms with Crippen LogP contribution in [0.2, 0.25) is 0 Å². The van der Waals surface area contributed by atoms with E-state index in [0.29, 0.717) is 12.6 Å². The number of thiophene rings is 1. The zero-order chi connectivity index (χ0) is 14.1. The SMILES string of the molecule is Cc1cccc(C(CN)N2CCc3sccc3C2)c1C. The fourth-order valence-corrected chi connectivity index (χ4v) is 4.03. The van der Waals surface area contributed by atoms with Gasteiger partial charge in [0.1, 0.15) is 0 Å². The first-order valence-electron chi connectivity index (χ1n) is 7.26. The molecule has 0 amide bonds.